The molecule has 6 heteroatoms. The molecule has 0 rings (SSSR count). The molecule has 0 aliphatic carbocycles. The van der Waals surface area contributed by atoms with Gasteiger partial charge in [0, 0.05) is 19.3 Å². The second-order valence-electron chi connectivity index (χ2n) is 7.19. The van der Waals surface area contributed by atoms with Crippen LogP contribution in [0.25, 0.3) is 0 Å². The molecule has 28 heavy (non-hydrogen) atoms. The molecule has 0 aromatic heterocycles. The van der Waals surface area contributed by atoms with Crippen LogP contribution in [-0.2, 0) is 23.9 Å². The molecule has 0 saturated heterocycles. The summed E-state index contributed by atoms with van der Waals surface area (Å²) in [5.41, 5.74) is 0. The summed E-state index contributed by atoms with van der Waals surface area (Å²) >= 11 is 0. The summed E-state index contributed by atoms with van der Waals surface area (Å²) in [4.78, 5) is 37.5. The van der Waals surface area contributed by atoms with Gasteiger partial charge in [0.1, 0.15) is 13.2 Å². The summed E-state index contributed by atoms with van der Waals surface area (Å²) in [7, 11) is 0. The van der Waals surface area contributed by atoms with Crippen molar-refractivity contribution in [2.45, 2.75) is 97.8 Å². The Bertz CT molecular complexity index is 397. The van der Waals surface area contributed by atoms with Crippen molar-refractivity contribution in [2.24, 2.45) is 0 Å². The average Bonchev–Trinajstić information content (AvgIpc) is 2.67. The van der Waals surface area contributed by atoms with E-state index in [1.54, 1.807) is 4.90 Å². The number of ether oxygens (including phenoxy) is 2. The van der Waals surface area contributed by atoms with Gasteiger partial charge in [0.2, 0.25) is 5.91 Å². The predicted octanol–water partition coefficient (Wildman–Crippen LogP) is 4.64. The number of unbranched alkanes of at least 4 members (excludes halogenated alkanes) is 6. The Labute approximate surface area is 171 Å². The zero-order chi connectivity index (χ0) is 21.0. The Morgan fingerprint density at radius 2 is 1.00 bits per heavy atom. The van der Waals surface area contributed by atoms with E-state index in [-0.39, 0.29) is 31.1 Å². The lowest BCUT2D eigenvalue weighted by molar-refractivity contribution is -0.147. The largest absolute Gasteiger partial charge is 0.464 e. The van der Waals surface area contributed by atoms with Gasteiger partial charge in [0.25, 0.3) is 0 Å². The number of esters is 2. The summed E-state index contributed by atoms with van der Waals surface area (Å²) in [5, 5.41) is 0. The first-order valence-electron chi connectivity index (χ1n) is 11.1. The van der Waals surface area contributed by atoms with Crippen LogP contribution in [0.1, 0.15) is 97.8 Å². The number of rotatable bonds is 18. The molecule has 0 aliphatic rings. The minimum Gasteiger partial charge on any atom is -0.464 e. The van der Waals surface area contributed by atoms with Crippen molar-refractivity contribution in [1.29, 1.82) is 0 Å². The van der Waals surface area contributed by atoms with E-state index in [2.05, 4.69) is 20.8 Å². The van der Waals surface area contributed by atoms with Gasteiger partial charge in [0.15, 0.2) is 0 Å². The fourth-order valence-electron chi connectivity index (χ4n) is 2.77. The van der Waals surface area contributed by atoms with Crippen molar-refractivity contribution in [1.82, 2.24) is 4.90 Å². The maximum absolute atomic E-state index is 12.4. The van der Waals surface area contributed by atoms with Crippen LogP contribution >= 0.6 is 0 Å². The number of carbonyl (C=O) groups excluding carboxylic acids is 3. The average molecular weight is 400 g/mol. The van der Waals surface area contributed by atoms with Gasteiger partial charge in [-0.1, -0.05) is 59.3 Å². The van der Waals surface area contributed by atoms with Gasteiger partial charge in [-0.15, -0.1) is 0 Å². The van der Waals surface area contributed by atoms with Gasteiger partial charge in [-0.3, -0.25) is 14.4 Å². The van der Waals surface area contributed by atoms with Crippen molar-refractivity contribution in [2.75, 3.05) is 26.3 Å². The first-order chi connectivity index (χ1) is 13.5. The van der Waals surface area contributed by atoms with Crippen molar-refractivity contribution in [3.05, 3.63) is 0 Å². The maximum atomic E-state index is 12.4. The van der Waals surface area contributed by atoms with Crippen LogP contribution in [0.15, 0.2) is 0 Å². The second kappa shape index (κ2) is 18.8. The van der Waals surface area contributed by atoms with Crippen molar-refractivity contribution >= 4 is 17.8 Å². The van der Waals surface area contributed by atoms with Crippen molar-refractivity contribution in [3.63, 3.8) is 0 Å². The van der Waals surface area contributed by atoms with Crippen LogP contribution in [0.4, 0.5) is 0 Å². The molecule has 0 aromatic rings. The number of carbonyl (C=O) groups is 3. The van der Waals surface area contributed by atoms with E-state index in [9.17, 15) is 14.4 Å². The molecule has 0 bridgehead atoms. The van der Waals surface area contributed by atoms with E-state index in [0.29, 0.717) is 32.4 Å². The number of nitrogens with zero attached hydrogens (tertiary/aromatic N) is 1. The van der Waals surface area contributed by atoms with Gasteiger partial charge < -0.3 is 14.4 Å². The van der Waals surface area contributed by atoms with Crippen molar-refractivity contribution < 1.29 is 23.9 Å². The highest BCUT2D eigenvalue weighted by Crippen LogP contribution is 2.05. The van der Waals surface area contributed by atoms with Crippen LogP contribution in [0.5, 0.6) is 0 Å². The summed E-state index contributed by atoms with van der Waals surface area (Å²) < 4.78 is 10.5. The summed E-state index contributed by atoms with van der Waals surface area (Å²) in [5.74, 6) is -0.402. The van der Waals surface area contributed by atoms with Crippen molar-refractivity contribution in [3.8, 4) is 0 Å². The summed E-state index contributed by atoms with van der Waals surface area (Å²) in [6.45, 7) is 7.34. The minimum absolute atomic E-state index is 0.0255. The quantitative estimate of drug-likeness (QED) is 0.248. The highest BCUT2D eigenvalue weighted by Gasteiger charge is 2.15. The molecule has 1 amide bonds. The topological polar surface area (TPSA) is 72.9 Å². The molecular formula is C22H41NO5. The standard InChI is InChI=1S/C22H41NO5/c1-4-7-10-13-20(24)23(16-18-27-21(25)14-11-8-5-2)17-19-28-22(26)15-12-9-6-3/h4-19H2,1-3H3. The molecule has 0 atom stereocenters. The Kier molecular flexibility index (Phi) is 17.7. The Morgan fingerprint density at radius 3 is 1.39 bits per heavy atom. The first kappa shape index (κ1) is 26.4. The second-order valence-corrected chi connectivity index (χ2v) is 7.19. The molecule has 0 fully saturated rings. The Hall–Kier alpha value is -1.59. The third-order valence-electron chi connectivity index (χ3n) is 4.56. The van der Waals surface area contributed by atoms with Crippen LogP contribution in [-0.4, -0.2) is 49.0 Å². The minimum atomic E-state index is -0.214. The Morgan fingerprint density at radius 1 is 0.607 bits per heavy atom. The monoisotopic (exact) mass is 399 g/mol. The van der Waals surface area contributed by atoms with Gasteiger partial charge in [0.05, 0.1) is 13.1 Å². The summed E-state index contributed by atoms with van der Waals surface area (Å²) in [6.07, 6.45) is 10.1. The van der Waals surface area contributed by atoms with Crippen LogP contribution in [0.3, 0.4) is 0 Å². The lowest BCUT2D eigenvalue weighted by Gasteiger charge is -2.22. The van der Waals surface area contributed by atoms with E-state index >= 15 is 0 Å². The molecule has 0 aliphatic heterocycles. The molecule has 164 valence electrons. The fraction of sp³-hybridized carbons (Fsp3) is 0.864. The molecule has 0 spiro atoms. The third kappa shape index (κ3) is 15.5. The van der Waals surface area contributed by atoms with Crippen LogP contribution in [0.2, 0.25) is 0 Å². The maximum Gasteiger partial charge on any atom is 0.305 e. The van der Waals surface area contributed by atoms with E-state index in [4.69, 9.17) is 9.47 Å². The number of amides is 1. The summed E-state index contributed by atoms with van der Waals surface area (Å²) in [6, 6.07) is 0. The zero-order valence-electron chi connectivity index (χ0n) is 18.3. The smallest absolute Gasteiger partial charge is 0.305 e. The fourth-order valence-corrected chi connectivity index (χ4v) is 2.77. The highest BCUT2D eigenvalue weighted by atomic mass is 16.5. The van der Waals surface area contributed by atoms with E-state index in [1.807, 2.05) is 0 Å². The first-order valence-corrected chi connectivity index (χ1v) is 11.1. The Balaban J connectivity index is 4.28. The van der Waals surface area contributed by atoms with Gasteiger partial charge in [-0.25, -0.2) is 0 Å². The highest BCUT2D eigenvalue weighted by molar-refractivity contribution is 5.76. The third-order valence-corrected chi connectivity index (χ3v) is 4.56. The van der Waals surface area contributed by atoms with Gasteiger partial charge in [-0.2, -0.15) is 0 Å². The number of hydrogen-bond donors (Lipinski definition) is 0. The van der Waals surface area contributed by atoms with E-state index in [1.165, 1.54) is 0 Å². The molecule has 6 nitrogen and oxygen atoms in total. The molecule has 0 heterocycles. The van der Waals surface area contributed by atoms with Gasteiger partial charge >= 0.3 is 11.9 Å². The van der Waals surface area contributed by atoms with Crippen LogP contribution < -0.4 is 0 Å². The lowest BCUT2D eigenvalue weighted by atomic mass is 10.2. The van der Waals surface area contributed by atoms with Crippen LogP contribution in [0, 0.1) is 0 Å². The molecule has 0 N–H and O–H groups in total. The lowest BCUT2D eigenvalue weighted by Crippen LogP contribution is -2.37. The molecule has 0 radical (unpaired) electrons. The SMILES string of the molecule is CCCCCC(=O)OCCN(CCOC(=O)CCCCC)C(=O)CCCCC. The molecule has 0 saturated carbocycles. The van der Waals surface area contributed by atoms with E-state index < -0.39 is 0 Å². The van der Waals surface area contributed by atoms with Gasteiger partial charge in [-0.05, 0) is 19.3 Å². The number of hydrogen-bond acceptors (Lipinski definition) is 5. The predicted molar refractivity (Wildman–Crippen MR) is 111 cm³/mol. The normalized spacial score (nSPS) is 10.5. The van der Waals surface area contributed by atoms with E-state index in [0.717, 1.165) is 57.8 Å². The molecular weight excluding hydrogens is 358 g/mol. The zero-order valence-corrected chi connectivity index (χ0v) is 18.3. The molecule has 0 unspecified atom stereocenters. The molecule has 0 aromatic carbocycles.